The Morgan fingerprint density at radius 3 is 2.39 bits per heavy atom. The Labute approximate surface area is 104 Å². The summed E-state index contributed by atoms with van der Waals surface area (Å²) in [5.41, 5.74) is -0.138. The van der Waals surface area contributed by atoms with E-state index in [9.17, 15) is 10.1 Å². The molecule has 0 amide bonds. The molecule has 98 valence electrons. The van der Waals surface area contributed by atoms with Crippen LogP contribution < -0.4 is 14.4 Å². The highest BCUT2D eigenvalue weighted by molar-refractivity contribution is 5.60. The van der Waals surface area contributed by atoms with Crippen molar-refractivity contribution in [3.63, 3.8) is 0 Å². The average molecular weight is 255 g/mol. The summed E-state index contributed by atoms with van der Waals surface area (Å²) in [6.45, 7) is 0. The zero-order valence-electron chi connectivity index (χ0n) is 10.6. The minimum atomic E-state index is -0.580. The molecule has 0 aliphatic carbocycles. The Morgan fingerprint density at radius 2 is 1.94 bits per heavy atom. The van der Waals surface area contributed by atoms with Crippen molar-refractivity contribution in [3.05, 3.63) is 22.0 Å². The Hall–Kier alpha value is -2.22. The van der Waals surface area contributed by atoms with Crippen LogP contribution in [-0.2, 0) is 0 Å². The minimum Gasteiger partial charge on any atom is -0.476 e. The van der Waals surface area contributed by atoms with Crippen molar-refractivity contribution in [2.75, 3.05) is 28.3 Å². The van der Waals surface area contributed by atoms with Gasteiger partial charge in [0, 0.05) is 6.08 Å². The first-order valence-electron chi connectivity index (χ1n) is 5.12. The van der Waals surface area contributed by atoms with Gasteiger partial charge in [-0.1, -0.05) is 0 Å². The third kappa shape index (κ3) is 3.14. The van der Waals surface area contributed by atoms with Gasteiger partial charge in [0.1, 0.15) is 0 Å². The van der Waals surface area contributed by atoms with E-state index >= 15 is 0 Å². The lowest BCUT2D eigenvalue weighted by molar-refractivity contribution is -0.800. The molecule has 8 heteroatoms. The van der Waals surface area contributed by atoms with Crippen LogP contribution in [0.1, 0.15) is 5.69 Å². The molecule has 0 saturated carbocycles. The van der Waals surface area contributed by atoms with Gasteiger partial charge < -0.3 is 14.4 Å². The standard InChI is InChI=1S/C10H14N4O4/c1-13(2)6-5-7-8(14(15)16)9(17-3)12-10(11-7)18-4/h5-6H,1-4H3/p+1/b6-5-. The number of rotatable bonds is 5. The SMILES string of the molecule is COc1nc(/C=C\[NH+](C)C)c([N+](=O)[O-])c(OC)n1. The fourth-order valence-electron chi connectivity index (χ4n) is 1.20. The van der Waals surface area contributed by atoms with E-state index in [4.69, 9.17) is 9.47 Å². The zero-order chi connectivity index (χ0) is 13.7. The second-order valence-electron chi connectivity index (χ2n) is 3.62. The highest BCUT2D eigenvalue weighted by Gasteiger charge is 2.24. The summed E-state index contributed by atoms with van der Waals surface area (Å²) >= 11 is 0. The number of nitrogens with zero attached hydrogens (tertiary/aromatic N) is 3. The summed E-state index contributed by atoms with van der Waals surface area (Å²) in [5, 5.41) is 11.0. The lowest BCUT2D eigenvalue weighted by atomic mass is 10.3. The summed E-state index contributed by atoms with van der Waals surface area (Å²) in [7, 11) is 6.43. The molecule has 0 aliphatic heterocycles. The average Bonchev–Trinajstić information content (AvgIpc) is 2.34. The quantitative estimate of drug-likeness (QED) is 0.564. The fraction of sp³-hybridized carbons (Fsp3) is 0.400. The van der Waals surface area contributed by atoms with Crippen molar-refractivity contribution in [2.24, 2.45) is 0 Å². The molecule has 8 nitrogen and oxygen atoms in total. The van der Waals surface area contributed by atoms with Crippen molar-refractivity contribution in [1.82, 2.24) is 9.97 Å². The van der Waals surface area contributed by atoms with E-state index in [2.05, 4.69) is 9.97 Å². The zero-order valence-corrected chi connectivity index (χ0v) is 10.6. The molecular formula is C10H15N4O4+. The molecule has 0 unspecified atom stereocenters. The number of methoxy groups -OCH3 is 2. The van der Waals surface area contributed by atoms with E-state index in [1.54, 1.807) is 6.20 Å². The van der Waals surface area contributed by atoms with Gasteiger partial charge in [-0.05, 0) is 0 Å². The van der Waals surface area contributed by atoms with Crippen molar-refractivity contribution >= 4 is 11.8 Å². The maximum absolute atomic E-state index is 11.0. The van der Waals surface area contributed by atoms with Crippen molar-refractivity contribution in [1.29, 1.82) is 0 Å². The van der Waals surface area contributed by atoms with Gasteiger partial charge in [0.05, 0.1) is 39.4 Å². The maximum atomic E-state index is 11.0. The molecule has 0 bridgehead atoms. The summed E-state index contributed by atoms with van der Waals surface area (Å²) in [4.78, 5) is 19.1. The molecule has 0 saturated heterocycles. The molecular weight excluding hydrogens is 240 g/mol. The summed E-state index contributed by atoms with van der Waals surface area (Å²) < 4.78 is 9.76. The first kappa shape index (κ1) is 13.8. The smallest absolute Gasteiger partial charge is 0.356 e. The molecule has 0 aliphatic rings. The maximum Gasteiger partial charge on any atom is 0.356 e. The number of hydrogen-bond acceptors (Lipinski definition) is 6. The van der Waals surface area contributed by atoms with Gasteiger partial charge in [0.25, 0.3) is 0 Å². The third-order valence-corrected chi connectivity index (χ3v) is 1.99. The van der Waals surface area contributed by atoms with E-state index in [-0.39, 0.29) is 23.3 Å². The number of nitrogens with one attached hydrogen (secondary N) is 1. The Bertz CT molecular complexity index is 473. The van der Waals surface area contributed by atoms with Crippen LogP contribution in [0.5, 0.6) is 11.9 Å². The first-order valence-corrected chi connectivity index (χ1v) is 5.12. The van der Waals surface area contributed by atoms with Gasteiger partial charge in [0.2, 0.25) is 0 Å². The molecule has 0 atom stereocenters. The van der Waals surface area contributed by atoms with Crippen molar-refractivity contribution in [2.45, 2.75) is 0 Å². The van der Waals surface area contributed by atoms with E-state index in [0.717, 1.165) is 4.90 Å². The van der Waals surface area contributed by atoms with Crippen LogP contribution >= 0.6 is 0 Å². The lowest BCUT2D eigenvalue weighted by Crippen LogP contribution is -3.00. The van der Waals surface area contributed by atoms with Crippen LogP contribution in [0.25, 0.3) is 6.08 Å². The van der Waals surface area contributed by atoms with Gasteiger partial charge in [-0.3, -0.25) is 10.1 Å². The van der Waals surface area contributed by atoms with E-state index < -0.39 is 4.92 Å². The van der Waals surface area contributed by atoms with E-state index in [1.807, 2.05) is 14.1 Å². The lowest BCUT2D eigenvalue weighted by Gasteiger charge is -2.05. The Morgan fingerprint density at radius 1 is 1.28 bits per heavy atom. The molecule has 1 rings (SSSR count). The summed E-state index contributed by atoms with van der Waals surface area (Å²) in [5.74, 6) is -0.125. The number of aromatic nitrogens is 2. The largest absolute Gasteiger partial charge is 0.476 e. The van der Waals surface area contributed by atoms with Gasteiger partial charge in [0.15, 0.2) is 5.69 Å². The summed E-state index contributed by atoms with van der Waals surface area (Å²) in [6, 6.07) is 0.0193. The number of ether oxygens (including phenoxy) is 2. The molecule has 0 fully saturated rings. The molecule has 1 N–H and O–H groups in total. The predicted octanol–water partition coefficient (Wildman–Crippen LogP) is -0.483. The van der Waals surface area contributed by atoms with Crippen molar-refractivity contribution in [3.8, 4) is 11.9 Å². The van der Waals surface area contributed by atoms with E-state index in [0.29, 0.717) is 0 Å². The minimum absolute atomic E-state index is 0.0193. The van der Waals surface area contributed by atoms with Crippen LogP contribution in [0.4, 0.5) is 5.69 Å². The van der Waals surface area contributed by atoms with Gasteiger partial charge in [-0.2, -0.15) is 9.97 Å². The topological polar surface area (TPSA) is 91.8 Å². The Kier molecular flexibility index (Phi) is 4.55. The van der Waals surface area contributed by atoms with Gasteiger partial charge in [-0.25, -0.2) is 0 Å². The third-order valence-electron chi connectivity index (χ3n) is 1.99. The number of nitro groups is 1. The van der Waals surface area contributed by atoms with Crippen molar-refractivity contribution < 1.29 is 19.3 Å². The van der Waals surface area contributed by atoms with Crippen LogP contribution in [0, 0.1) is 10.1 Å². The van der Waals surface area contributed by atoms with Crippen LogP contribution in [0.15, 0.2) is 6.20 Å². The second kappa shape index (κ2) is 5.92. The monoisotopic (exact) mass is 255 g/mol. The molecule has 1 aromatic rings. The second-order valence-corrected chi connectivity index (χ2v) is 3.62. The molecule has 1 aromatic heterocycles. The van der Waals surface area contributed by atoms with Crippen LogP contribution in [-0.4, -0.2) is 43.2 Å². The Balaban J connectivity index is 3.39. The predicted molar refractivity (Wildman–Crippen MR) is 63.6 cm³/mol. The first-order chi connectivity index (χ1) is 8.49. The van der Waals surface area contributed by atoms with Gasteiger partial charge in [-0.15, -0.1) is 0 Å². The summed E-state index contributed by atoms with van der Waals surface area (Å²) in [6.07, 6.45) is 3.24. The molecule has 1 heterocycles. The van der Waals surface area contributed by atoms with Crippen LogP contribution in [0.3, 0.4) is 0 Å². The number of quaternary nitrogens is 1. The number of hydrogen-bond donors (Lipinski definition) is 1. The molecule has 0 radical (unpaired) electrons. The van der Waals surface area contributed by atoms with Crippen LogP contribution in [0.2, 0.25) is 0 Å². The molecule has 0 spiro atoms. The molecule has 18 heavy (non-hydrogen) atoms. The highest BCUT2D eigenvalue weighted by atomic mass is 16.6. The van der Waals surface area contributed by atoms with E-state index in [1.165, 1.54) is 20.3 Å². The molecule has 0 aromatic carbocycles. The fourth-order valence-corrected chi connectivity index (χ4v) is 1.20. The van der Waals surface area contributed by atoms with Gasteiger partial charge >= 0.3 is 17.6 Å². The highest BCUT2D eigenvalue weighted by Crippen LogP contribution is 2.30. The normalized spacial score (nSPS) is 10.9.